The van der Waals surface area contributed by atoms with E-state index in [4.69, 9.17) is 0 Å². The van der Waals surface area contributed by atoms with Gasteiger partial charge in [0.1, 0.15) is 11.9 Å². The highest BCUT2D eigenvalue weighted by Gasteiger charge is 2.38. The number of nitrogens with zero attached hydrogens (tertiary/aromatic N) is 1. The van der Waals surface area contributed by atoms with Crippen LogP contribution in [0.15, 0.2) is 22.7 Å². The van der Waals surface area contributed by atoms with Crippen molar-refractivity contribution in [3.8, 4) is 0 Å². The van der Waals surface area contributed by atoms with E-state index in [2.05, 4.69) is 21.2 Å². The van der Waals surface area contributed by atoms with E-state index in [1.54, 1.807) is 6.07 Å². The number of anilines is 1. The molecule has 1 aromatic carbocycles. The lowest BCUT2D eigenvalue weighted by Crippen LogP contribution is -2.35. The largest absolute Gasteiger partial charge is 0.372 e. The molecule has 1 atom stereocenters. The summed E-state index contributed by atoms with van der Waals surface area (Å²) in [7, 11) is 0. The summed E-state index contributed by atoms with van der Waals surface area (Å²) >= 11 is 3.22. The second-order valence-electron chi connectivity index (χ2n) is 4.41. The van der Waals surface area contributed by atoms with Crippen molar-refractivity contribution in [1.82, 2.24) is 4.90 Å². The number of carbonyl (C=O) groups is 2. The van der Waals surface area contributed by atoms with E-state index in [-0.39, 0.29) is 24.1 Å². The number of hydrogen-bond donors (Lipinski definition) is 1. The van der Waals surface area contributed by atoms with Gasteiger partial charge in [0.15, 0.2) is 0 Å². The molecule has 0 spiro atoms. The molecule has 1 N–H and O–H groups in total. The number of halogens is 2. The fourth-order valence-corrected chi connectivity index (χ4v) is 2.51. The average molecular weight is 329 g/mol. The molecule has 0 aliphatic carbocycles. The van der Waals surface area contributed by atoms with Crippen molar-refractivity contribution in [2.45, 2.75) is 25.8 Å². The molecule has 4 nitrogen and oxygen atoms in total. The molecule has 2 amide bonds. The fraction of sp³-hybridized carbons (Fsp3) is 0.385. The zero-order valence-corrected chi connectivity index (χ0v) is 12.0. The molecule has 0 radical (unpaired) electrons. The van der Waals surface area contributed by atoms with Gasteiger partial charge in [-0.3, -0.25) is 14.5 Å². The van der Waals surface area contributed by atoms with Gasteiger partial charge in [-0.2, -0.15) is 0 Å². The van der Waals surface area contributed by atoms with Gasteiger partial charge in [-0.05, 0) is 40.5 Å². The molecule has 1 fully saturated rings. The van der Waals surface area contributed by atoms with Crippen LogP contribution in [0.25, 0.3) is 0 Å². The van der Waals surface area contributed by atoms with Crippen molar-refractivity contribution in [1.29, 1.82) is 0 Å². The Balaban J connectivity index is 2.12. The lowest BCUT2D eigenvalue weighted by atomic mass is 10.2. The first-order valence-corrected chi connectivity index (χ1v) is 6.88. The van der Waals surface area contributed by atoms with Crippen LogP contribution >= 0.6 is 15.9 Å². The molecule has 0 bridgehead atoms. The lowest BCUT2D eigenvalue weighted by molar-refractivity contribution is -0.138. The van der Waals surface area contributed by atoms with Gasteiger partial charge in [-0.25, -0.2) is 4.39 Å². The Morgan fingerprint density at radius 3 is 2.84 bits per heavy atom. The summed E-state index contributed by atoms with van der Waals surface area (Å²) < 4.78 is 13.5. The maximum atomic E-state index is 13.0. The van der Waals surface area contributed by atoms with Crippen molar-refractivity contribution in [2.75, 3.05) is 11.9 Å². The molecular weight excluding hydrogens is 315 g/mol. The van der Waals surface area contributed by atoms with Crippen LogP contribution in [0, 0.1) is 5.82 Å². The Hall–Kier alpha value is -1.43. The quantitative estimate of drug-likeness (QED) is 0.864. The molecule has 19 heavy (non-hydrogen) atoms. The number of imide groups is 1. The predicted octanol–water partition coefficient (Wildman–Crippen LogP) is 2.54. The summed E-state index contributed by atoms with van der Waals surface area (Å²) in [5.74, 6) is -0.746. The molecule has 1 aromatic rings. The van der Waals surface area contributed by atoms with Crippen LogP contribution < -0.4 is 5.32 Å². The maximum Gasteiger partial charge on any atom is 0.252 e. The minimum atomic E-state index is -0.569. The first-order valence-electron chi connectivity index (χ1n) is 6.08. The molecule has 1 aliphatic heterocycles. The van der Waals surface area contributed by atoms with E-state index in [0.717, 1.165) is 6.42 Å². The second-order valence-corrected chi connectivity index (χ2v) is 5.26. The molecule has 0 aromatic heterocycles. The van der Waals surface area contributed by atoms with Gasteiger partial charge in [0.2, 0.25) is 5.91 Å². The minimum absolute atomic E-state index is 0.142. The number of hydrogen-bond acceptors (Lipinski definition) is 3. The molecule has 2 rings (SSSR count). The highest BCUT2D eigenvalue weighted by atomic mass is 79.9. The van der Waals surface area contributed by atoms with Gasteiger partial charge in [-0.1, -0.05) is 6.92 Å². The van der Waals surface area contributed by atoms with E-state index in [1.807, 2.05) is 6.92 Å². The van der Waals surface area contributed by atoms with Gasteiger partial charge < -0.3 is 5.32 Å². The Kier molecular flexibility index (Phi) is 4.19. The first-order chi connectivity index (χ1) is 9.02. The summed E-state index contributed by atoms with van der Waals surface area (Å²) in [6, 6.07) is 3.59. The second kappa shape index (κ2) is 5.69. The van der Waals surface area contributed by atoms with Gasteiger partial charge in [0.25, 0.3) is 5.91 Å². The number of carbonyl (C=O) groups excluding carboxylic acids is 2. The molecule has 0 saturated carbocycles. The van der Waals surface area contributed by atoms with Crippen molar-refractivity contribution >= 4 is 33.4 Å². The Labute approximate surface area is 119 Å². The third-order valence-corrected chi connectivity index (χ3v) is 3.61. The normalized spacial score (nSPS) is 19.1. The number of benzene rings is 1. The van der Waals surface area contributed by atoms with Crippen LogP contribution in [-0.4, -0.2) is 29.3 Å². The van der Waals surface area contributed by atoms with Gasteiger partial charge in [0, 0.05) is 16.7 Å². The van der Waals surface area contributed by atoms with Crippen LogP contribution in [0.4, 0.5) is 10.1 Å². The number of likely N-dealkylation sites (tertiary alicyclic amines) is 1. The minimum Gasteiger partial charge on any atom is -0.372 e. The van der Waals surface area contributed by atoms with E-state index in [0.29, 0.717) is 16.7 Å². The first kappa shape index (κ1) is 14.0. The SMILES string of the molecule is CCCN1C(=O)CC(Nc2ccc(F)cc2Br)C1=O. The van der Waals surface area contributed by atoms with Crippen molar-refractivity contribution in [3.63, 3.8) is 0 Å². The van der Waals surface area contributed by atoms with Crippen molar-refractivity contribution < 1.29 is 14.0 Å². The molecule has 6 heteroatoms. The number of amides is 2. The van der Waals surface area contributed by atoms with Gasteiger partial charge >= 0.3 is 0 Å². The van der Waals surface area contributed by atoms with Crippen LogP contribution in [0.1, 0.15) is 19.8 Å². The van der Waals surface area contributed by atoms with E-state index >= 15 is 0 Å². The fourth-order valence-electron chi connectivity index (χ4n) is 2.05. The molecule has 1 saturated heterocycles. The summed E-state index contributed by atoms with van der Waals surface area (Å²) in [5.41, 5.74) is 0.603. The molecule has 1 unspecified atom stereocenters. The Morgan fingerprint density at radius 1 is 1.47 bits per heavy atom. The Morgan fingerprint density at radius 2 is 2.21 bits per heavy atom. The third-order valence-electron chi connectivity index (χ3n) is 2.95. The van der Waals surface area contributed by atoms with Crippen molar-refractivity contribution in [2.24, 2.45) is 0 Å². The molecule has 1 heterocycles. The topological polar surface area (TPSA) is 49.4 Å². The zero-order valence-electron chi connectivity index (χ0n) is 10.5. The van der Waals surface area contributed by atoms with Gasteiger partial charge in [-0.15, -0.1) is 0 Å². The van der Waals surface area contributed by atoms with Crippen LogP contribution in [-0.2, 0) is 9.59 Å². The summed E-state index contributed by atoms with van der Waals surface area (Å²) in [5, 5.41) is 2.98. The van der Waals surface area contributed by atoms with E-state index in [9.17, 15) is 14.0 Å². The van der Waals surface area contributed by atoms with Crippen LogP contribution in [0.3, 0.4) is 0 Å². The maximum absolute atomic E-state index is 13.0. The summed E-state index contributed by atoms with van der Waals surface area (Å²) in [6.45, 7) is 2.36. The van der Waals surface area contributed by atoms with E-state index < -0.39 is 6.04 Å². The third kappa shape index (κ3) is 2.94. The summed E-state index contributed by atoms with van der Waals surface area (Å²) in [6.07, 6.45) is 0.882. The lowest BCUT2D eigenvalue weighted by Gasteiger charge is -2.15. The monoisotopic (exact) mass is 328 g/mol. The smallest absolute Gasteiger partial charge is 0.252 e. The van der Waals surface area contributed by atoms with Gasteiger partial charge in [0.05, 0.1) is 6.42 Å². The van der Waals surface area contributed by atoms with Crippen molar-refractivity contribution in [3.05, 3.63) is 28.5 Å². The molecule has 102 valence electrons. The number of nitrogens with one attached hydrogen (secondary N) is 1. The average Bonchev–Trinajstić information content (AvgIpc) is 2.61. The Bertz CT molecular complexity index is 521. The molecule has 1 aliphatic rings. The highest BCUT2D eigenvalue weighted by molar-refractivity contribution is 9.10. The number of rotatable bonds is 4. The standard InChI is InChI=1S/C13H14BrFN2O2/c1-2-5-17-12(18)7-11(13(17)19)16-10-4-3-8(15)6-9(10)14/h3-4,6,11,16H,2,5,7H2,1H3. The molecular formula is C13H14BrFN2O2. The highest BCUT2D eigenvalue weighted by Crippen LogP contribution is 2.26. The summed E-state index contributed by atoms with van der Waals surface area (Å²) in [4.78, 5) is 25.0. The van der Waals surface area contributed by atoms with Crippen LogP contribution in [0.2, 0.25) is 0 Å². The zero-order chi connectivity index (χ0) is 14.0. The predicted molar refractivity (Wildman–Crippen MR) is 73.1 cm³/mol. The van der Waals surface area contributed by atoms with Crippen LogP contribution in [0.5, 0.6) is 0 Å². The van der Waals surface area contributed by atoms with E-state index in [1.165, 1.54) is 17.0 Å².